The summed E-state index contributed by atoms with van der Waals surface area (Å²) in [4.78, 5) is 25.1. The Hall–Kier alpha value is -3.08. The van der Waals surface area contributed by atoms with E-state index in [0.717, 1.165) is 34.9 Å². The van der Waals surface area contributed by atoms with Crippen LogP contribution in [0.4, 0.5) is 0 Å². The van der Waals surface area contributed by atoms with Gasteiger partial charge < -0.3 is 14.5 Å². The summed E-state index contributed by atoms with van der Waals surface area (Å²) in [6.07, 6.45) is 5.53. The van der Waals surface area contributed by atoms with Crippen molar-refractivity contribution in [1.29, 1.82) is 0 Å². The fraction of sp³-hybridized carbons (Fsp3) is 0.333. The number of esters is 1. The van der Waals surface area contributed by atoms with Crippen molar-refractivity contribution in [1.82, 2.24) is 5.32 Å². The van der Waals surface area contributed by atoms with E-state index < -0.39 is 12.0 Å². The van der Waals surface area contributed by atoms with E-state index in [9.17, 15) is 9.59 Å². The van der Waals surface area contributed by atoms with Gasteiger partial charge in [-0.2, -0.15) is 0 Å². The van der Waals surface area contributed by atoms with Gasteiger partial charge in [0.2, 0.25) is 5.91 Å². The number of nitrogens with one attached hydrogen (secondary N) is 1. The molecule has 0 saturated carbocycles. The maximum Gasteiger partial charge on any atom is 0.328 e. The van der Waals surface area contributed by atoms with Crippen molar-refractivity contribution in [3.05, 3.63) is 71.0 Å². The Bertz CT molecular complexity index is 1020. The minimum atomic E-state index is -0.715. The predicted octanol–water partition coefficient (Wildman–Crippen LogP) is 3.75. The zero-order valence-electron chi connectivity index (χ0n) is 16.6. The van der Waals surface area contributed by atoms with Crippen molar-refractivity contribution in [3.8, 4) is 0 Å². The van der Waals surface area contributed by atoms with E-state index >= 15 is 0 Å². The van der Waals surface area contributed by atoms with Crippen molar-refractivity contribution in [3.63, 3.8) is 0 Å². The van der Waals surface area contributed by atoms with Gasteiger partial charge in [0.25, 0.3) is 0 Å². The molecule has 1 amide bonds. The van der Waals surface area contributed by atoms with Crippen LogP contribution in [0.3, 0.4) is 0 Å². The van der Waals surface area contributed by atoms with Gasteiger partial charge in [-0.3, -0.25) is 4.79 Å². The molecule has 1 atom stereocenters. The van der Waals surface area contributed by atoms with E-state index in [-0.39, 0.29) is 18.9 Å². The number of aryl methyl sites for hydroxylation is 2. The summed E-state index contributed by atoms with van der Waals surface area (Å²) < 4.78 is 10.9. The standard InChI is InChI=1S/C24H25NO4/c1-2-28-24(27)21(11-16-7-4-3-5-8-16)25-23(26)14-19-15-29-22-13-18-10-6-9-17(18)12-20(19)22/h3-5,7-8,12-13,15,21H,2,6,9-11,14H2,1H3,(H,25,26). The maximum absolute atomic E-state index is 12.7. The molecular weight excluding hydrogens is 366 g/mol. The number of amides is 1. The summed E-state index contributed by atoms with van der Waals surface area (Å²) in [5.41, 5.74) is 5.31. The van der Waals surface area contributed by atoms with Crippen molar-refractivity contribution >= 4 is 22.8 Å². The van der Waals surface area contributed by atoms with Gasteiger partial charge in [0.05, 0.1) is 19.3 Å². The monoisotopic (exact) mass is 391 g/mol. The van der Waals surface area contributed by atoms with E-state index in [2.05, 4.69) is 17.4 Å². The second-order valence-corrected chi connectivity index (χ2v) is 7.47. The highest BCUT2D eigenvalue weighted by atomic mass is 16.5. The molecule has 0 bridgehead atoms. The number of carbonyl (C=O) groups excluding carboxylic acids is 2. The third-order valence-electron chi connectivity index (χ3n) is 5.41. The highest BCUT2D eigenvalue weighted by molar-refractivity contribution is 5.90. The third kappa shape index (κ3) is 4.34. The number of hydrogen-bond acceptors (Lipinski definition) is 4. The molecule has 2 aromatic carbocycles. The highest BCUT2D eigenvalue weighted by Gasteiger charge is 2.23. The molecule has 0 radical (unpaired) electrons. The summed E-state index contributed by atoms with van der Waals surface area (Å²) >= 11 is 0. The van der Waals surface area contributed by atoms with Crippen molar-refractivity contribution in [2.24, 2.45) is 0 Å². The van der Waals surface area contributed by atoms with Gasteiger partial charge in [-0.1, -0.05) is 30.3 Å². The molecule has 1 N–H and O–H groups in total. The molecule has 0 aliphatic heterocycles. The molecule has 29 heavy (non-hydrogen) atoms. The Morgan fingerprint density at radius 1 is 1.14 bits per heavy atom. The lowest BCUT2D eigenvalue weighted by Gasteiger charge is -2.17. The summed E-state index contributed by atoms with van der Waals surface area (Å²) in [6.45, 7) is 2.03. The molecule has 5 heteroatoms. The number of hydrogen-bond donors (Lipinski definition) is 1. The summed E-state index contributed by atoms with van der Waals surface area (Å²) in [7, 11) is 0. The summed E-state index contributed by atoms with van der Waals surface area (Å²) in [6, 6.07) is 13.1. The molecular formula is C24H25NO4. The van der Waals surface area contributed by atoms with Gasteiger partial charge >= 0.3 is 5.97 Å². The van der Waals surface area contributed by atoms with Gasteiger partial charge in [-0.05, 0) is 55.0 Å². The number of fused-ring (bicyclic) bond motifs is 2. The molecule has 5 nitrogen and oxygen atoms in total. The van der Waals surface area contributed by atoms with E-state index in [1.807, 2.05) is 30.3 Å². The molecule has 0 fully saturated rings. The van der Waals surface area contributed by atoms with E-state index in [1.165, 1.54) is 17.5 Å². The topological polar surface area (TPSA) is 68.5 Å². The van der Waals surface area contributed by atoms with Crippen LogP contribution < -0.4 is 5.32 Å². The Kier molecular flexibility index (Phi) is 5.65. The largest absolute Gasteiger partial charge is 0.464 e. The first-order valence-electron chi connectivity index (χ1n) is 10.2. The fourth-order valence-electron chi connectivity index (χ4n) is 3.99. The van der Waals surface area contributed by atoms with Crippen LogP contribution in [-0.2, 0) is 40.0 Å². The van der Waals surface area contributed by atoms with Crippen LogP contribution in [0.5, 0.6) is 0 Å². The maximum atomic E-state index is 12.7. The first-order chi connectivity index (χ1) is 14.1. The molecule has 0 spiro atoms. The minimum absolute atomic E-state index is 0.163. The highest BCUT2D eigenvalue weighted by Crippen LogP contribution is 2.30. The van der Waals surface area contributed by atoms with Crippen LogP contribution in [0, 0.1) is 0 Å². The van der Waals surface area contributed by atoms with Gasteiger partial charge in [-0.15, -0.1) is 0 Å². The molecule has 0 saturated heterocycles. The Balaban J connectivity index is 1.49. The van der Waals surface area contributed by atoms with Gasteiger partial charge in [-0.25, -0.2) is 4.79 Å². The first-order valence-corrected chi connectivity index (χ1v) is 10.2. The first kappa shape index (κ1) is 19.2. The molecule has 3 aromatic rings. The average molecular weight is 391 g/mol. The van der Waals surface area contributed by atoms with E-state index in [4.69, 9.17) is 9.15 Å². The molecule has 1 aliphatic carbocycles. The lowest BCUT2D eigenvalue weighted by Crippen LogP contribution is -2.44. The normalized spacial score (nSPS) is 13.8. The van der Waals surface area contributed by atoms with Crippen LogP contribution in [0.2, 0.25) is 0 Å². The van der Waals surface area contributed by atoms with Gasteiger partial charge in [0.15, 0.2) is 0 Å². The molecule has 1 heterocycles. The third-order valence-corrected chi connectivity index (χ3v) is 5.41. The van der Waals surface area contributed by atoms with Crippen LogP contribution in [0.1, 0.15) is 35.6 Å². The van der Waals surface area contributed by atoms with Gasteiger partial charge in [0.1, 0.15) is 11.6 Å². The van der Waals surface area contributed by atoms with Crippen LogP contribution in [0.15, 0.2) is 53.1 Å². The summed E-state index contributed by atoms with van der Waals surface area (Å²) in [5, 5.41) is 3.83. The number of ether oxygens (including phenoxy) is 1. The van der Waals surface area contributed by atoms with Crippen molar-refractivity contribution in [2.75, 3.05) is 6.61 Å². The number of rotatable bonds is 7. The fourth-order valence-corrected chi connectivity index (χ4v) is 3.99. The number of benzene rings is 2. The number of furan rings is 1. The van der Waals surface area contributed by atoms with Crippen LogP contribution in [0.25, 0.3) is 11.0 Å². The smallest absolute Gasteiger partial charge is 0.328 e. The lowest BCUT2D eigenvalue weighted by atomic mass is 10.0. The molecule has 1 aromatic heterocycles. The zero-order chi connectivity index (χ0) is 20.2. The van der Waals surface area contributed by atoms with E-state index in [1.54, 1.807) is 13.2 Å². The molecule has 1 aliphatic rings. The van der Waals surface area contributed by atoms with Crippen molar-refractivity contribution in [2.45, 2.75) is 45.1 Å². The Morgan fingerprint density at radius 3 is 2.66 bits per heavy atom. The lowest BCUT2D eigenvalue weighted by molar-refractivity contribution is -0.147. The minimum Gasteiger partial charge on any atom is -0.464 e. The van der Waals surface area contributed by atoms with Crippen molar-refractivity contribution < 1.29 is 18.7 Å². The second-order valence-electron chi connectivity index (χ2n) is 7.47. The van der Waals surface area contributed by atoms with E-state index in [0.29, 0.717) is 6.42 Å². The van der Waals surface area contributed by atoms with Crippen LogP contribution in [-0.4, -0.2) is 24.5 Å². The Labute approximate surface area is 170 Å². The predicted molar refractivity (Wildman–Crippen MR) is 111 cm³/mol. The Morgan fingerprint density at radius 2 is 1.90 bits per heavy atom. The van der Waals surface area contributed by atoms with Gasteiger partial charge in [0, 0.05) is 17.4 Å². The SMILES string of the molecule is CCOC(=O)C(Cc1ccccc1)NC(=O)Cc1coc2cc3c(cc12)CCC3. The molecule has 1 unspecified atom stereocenters. The number of carbonyl (C=O) groups is 2. The zero-order valence-corrected chi connectivity index (χ0v) is 16.6. The molecule has 4 rings (SSSR count). The quantitative estimate of drug-likeness (QED) is 0.623. The molecule has 150 valence electrons. The average Bonchev–Trinajstić information content (AvgIpc) is 3.33. The summed E-state index contributed by atoms with van der Waals surface area (Å²) in [5.74, 6) is -0.637. The second kappa shape index (κ2) is 8.52. The van der Waals surface area contributed by atoms with Crippen LogP contribution >= 0.6 is 0 Å².